The van der Waals surface area contributed by atoms with Crippen LogP contribution >= 0.6 is 12.4 Å². The van der Waals surface area contributed by atoms with E-state index in [2.05, 4.69) is 5.32 Å². The lowest BCUT2D eigenvalue weighted by Crippen LogP contribution is -2.19. The van der Waals surface area contributed by atoms with Gasteiger partial charge in [-0.2, -0.15) is 0 Å². The smallest absolute Gasteiger partial charge is 0.224 e. The number of carbonyl (C=O) groups excluding carboxylic acids is 1. The maximum absolute atomic E-state index is 11.7. The second kappa shape index (κ2) is 8.61. The van der Waals surface area contributed by atoms with Crippen molar-refractivity contribution in [1.29, 1.82) is 0 Å². The first-order valence-corrected chi connectivity index (χ1v) is 5.84. The van der Waals surface area contributed by atoms with Crippen molar-refractivity contribution in [3.05, 3.63) is 18.2 Å². The number of carbonyl (C=O) groups is 1. The van der Waals surface area contributed by atoms with E-state index in [0.717, 1.165) is 0 Å². The average Bonchev–Trinajstić information content (AvgIpc) is 2.36. The Kier molecular flexibility index (Phi) is 7.95. The first kappa shape index (κ1) is 17.5. The second-order valence-corrected chi connectivity index (χ2v) is 4.13. The fourth-order valence-electron chi connectivity index (χ4n) is 1.47. The topological polar surface area (TPSA) is 73.6 Å². The van der Waals surface area contributed by atoms with Crippen LogP contribution in [0.2, 0.25) is 0 Å². The minimum atomic E-state index is -0.0734. The number of amides is 1. The van der Waals surface area contributed by atoms with E-state index in [9.17, 15) is 4.79 Å². The zero-order chi connectivity index (χ0) is 13.5. The first-order valence-electron chi connectivity index (χ1n) is 5.84. The van der Waals surface area contributed by atoms with Crippen LogP contribution in [-0.2, 0) is 4.79 Å². The lowest BCUT2D eigenvalue weighted by atomic mass is 10.2. The van der Waals surface area contributed by atoms with Crippen molar-refractivity contribution in [3.8, 4) is 11.5 Å². The number of anilines is 1. The zero-order valence-corrected chi connectivity index (χ0v) is 12.3. The highest BCUT2D eigenvalue weighted by molar-refractivity contribution is 5.92. The van der Waals surface area contributed by atoms with Gasteiger partial charge in [-0.25, -0.2) is 0 Å². The van der Waals surface area contributed by atoms with Crippen LogP contribution in [-0.4, -0.2) is 26.2 Å². The predicted octanol–water partition coefficient (Wildman–Crippen LogP) is 2.19. The molecule has 1 rings (SSSR count). The van der Waals surface area contributed by atoms with Gasteiger partial charge in [-0.3, -0.25) is 4.79 Å². The quantitative estimate of drug-likeness (QED) is 0.841. The third-order valence-electron chi connectivity index (χ3n) is 2.51. The number of hydrogen-bond donors (Lipinski definition) is 2. The van der Waals surface area contributed by atoms with E-state index in [-0.39, 0.29) is 24.4 Å². The fourth-order valence-corrected chi connectivity index (χ4v) is 1.47. The second-order valence-electron chi connectivity index (χ2n) is 4.13. The third kappa shape index (κ3) is 5.81. The van der Waals surface area contributed by atoms with E-state index < -0.39 is 0 Å². The Labute approximate surface area is 119 Å². The Hall–Kier alpha value is -1.46. The van der Waals surface area contributed by atoms with Crippen molar-refractivity contribution in [1.82, 2.24) is 0 Å². The molecule has 1 aromatic carbocycles. The summed E-state index contributed by atoms with van der Waals surface area (Å²) in [6.45, 7) is 1.88. The maximum Gasteiger partial charge on any atom is 0.224 e. The Morgan fingerprint density at radius 3 is 2.58 bits per heavy atom. The molecule has 108 valence electrons. The van der Waals surface area contributed by atoms with Crippen LogP contribution in [0.3, 0.4) is 0 Å². The van der Waals surface area contributed by atoms with Crippen molar-refractivity contribution in [2.45, 2.75) is 25.8 Å². The minimum Gasteiger partial charge on any atom is -0.497 e. The first-order chi connectivity index (χ1) is 8.56. The third-order valence-corrected chi connectivity index (χ3v) is 2.51. The molecule has 0 radical (unpaired) electrons. The molecule has 0 bridgehead atoms. The van der Waals surface area contributed by atoms with Crippen LogP contribution in [0, 0.1) is 0 Å². The summed E-state index contributed by atoms with van der Waals surface area (Å²) in [6.07, 6.45) is 1.05. The van der Waals surface area contributed by atoms with Crippen molar-refractivity contribution in [3.63, 3.8) is 0 Å². The molecule has 3 N–H and O–H groups in total. The highest BCUT2D eigenvalue weighted by Gasteiger charge is 2.09. The number of benzene rings is 1. The predicted molar refractivity (Wildman–Crippen MR) is 78.3 cm³/mol. The molecule has 5 nitrogen and oxygen atoms in total. The van der Waals surface area contributed by atoms with E-state index in [4.69, 9.17) is 15.2 Å². The van der Waals surface area contributed by atoms with Gasteiger partial charge in [0.25, 0.3) is 0 Å². The normalized spacial score (nSPS) is 11.2. The molecule has 1 unspecified atom stereocenters. The molecule has 1 amide bonds. The molecule has 1 aromatic rings. The standard InChI is InChI=1S/C13H20N2O3.ClH/c1-9(14)4-7-13(16)15-11-6-5-10(17-2)8-12(11)18-3;/h5-6,8-9H,4,7,14H2,1-3H3,(H,15,16);1H. The van der Waals surface area contributed by atoms with Crippen LogP contribution in [0.5, 0.6) is 11.5 Å². The van der Waals surface area contributed by atoms with Gasteiger partial charge in [0.1, 0.15) is 11.5 Å². The molecule has 0 aliphatic heterocycles. The minimum absolute atomic E-state index is 0. The van der Waals surface area contributed by atoms with Gasteiger partial charge in [0.05, 0.1) is 19.9 Å². The summed E-state index contributed by atoms with van der Waals surface area (Å²) in [5, 5.41) is 2.79. The van der Waals surface area contributed by atoms with Gasteiger partial charge in [0.2, 0.25) is 5.91 Å². The monoisotopic (exact) mass is 288 g/mol. The Balaban J connectivity index is 0.00000324. The van der Waals surface area contributed by atoms with Crippen LogP contribution < -0.4 is 20.5 Å². The van der Waals surface area contributed by atoms with Gasteiger partial charge in [-0.1, -0.05) is 0 Å². The Morgan fingerprint density at radius 2 is 2.05 bits per heavy atom. The van der Waals surface area contributed by atoms with E-state index in [1.54, 1.807) is 32.4 Å². The number of ether oxygens (including phenoxy) is 2. The summed E-state index contributed by atoms with van der Waals surface area (Å²) in [7, 11) is 3.13. The number of hydrogen-bond acceptors (Lipinski definition) is 4. The van der Waals surface area contributed by atoms with Gasteiger partial charge < -0.3 is 20.5 Å². The molecule has 0 saturated carbocycles. The van der Waals surface area contributed by atoms with Gasteiger partial charge in [0.15, 0.2) is 0 Å². The number of halogens is 1. The van der Waals surface area contributed by atoms with E-state index >= 15 is 0 Å². The zero-order valence-electron chi connectivity index (χ0n) is 11.4. The summed E-state index contributed by atoms with van der Waals surface area (Å²) in [5.74, 6) is 1.18. The summed E-state index contributed by atoms with van der Waals surface area (Å²) < 4.78 is 10.3. The van der Waals surface area contributed by atoms with Crippen LogP contribution in [0.1, 0.15) is 19.8 Å². The number of nitrogens with two attached hydrogens (primary N) is 1. The largest absolute Gasteiger partial charge is 0.497 e. The van der Waals surface area contributed by atoms with E-state index in [1.165, 1.54) is 0 Å². The van der Waals surface area contributed by atoms with Crippen molar-refractivity contribution < 1.29 is 14.3 Å². The average molecular weight is 289 g/mol. The number of nitrogens with one attached hydrogen (secondary N) is 1. The molecule has 0 aromatic heterocycles. The summed E-state index contributed by atoms with van der Waals surface area (Å²) in [5.41, 5.74) is 6.24. The molecule has 0 heterocycles. The lowest BCUT2D eigenvalue weighted by molar-refractivity contribution is -0.116. The molecule has 0 spiro atoms. The summed E-state index contributed by atoms with van der Waals surface area (Å²) in [4.78, 5) is 11.7. The summed E-state index contributed by atoms with van der Waals surface area (Å²) in [6, 6.07) is 5.26. The molecular weight excluding hydrogens is 268 g/mol. The molecule has 19 heavy (non-hydrogen) atoms. The van der Waals surface area contributed by atoms with Crippen molar-refractivity contribution in [2.75, 3.05) is 19.5 Å². The maximum atomic E-state index is 11.7. The van der Waals surface area contributed by atoms with Crippen LogP contribution in [0.15, 0.2) is 18.2 Å². The lowest BCUT2D eigenvalue weighted by Gasteiger charge is -2.12. The number of rotatable bonds is 6. The molecule has 0 aliphatic carbocycles. The Morgan fingerprint density at radius 1 is 1.37 bits per heavy atom. The van der Waals surface area contributed by atoms with Crippen molar-refractivity contribution >= 4 is 24.0 Å². The highest BCUT2D eigenvalue weighted by Crippen LogP contribution is 2.29. The molecule has 1 atom stereocenters. The molecule has 6 heteroatoms. The molecule has 0 fully saturated rings. The van der Waals surface area contributed by atoms with E-state index in [0.29, 0.717) is 30.0 Å². The number of methoxy groups -OCH3 is 2. The van der Waals surface area contributed by atoms with Crippen LogP contribution in [0.4, 0.5) is 5.69 Å². The van der Waals surface area contributed by atoms with Gasteiger partial charge >= 0.3 is 0 Å². The van der Waals surface area contributed by atoms with Gasteiger partial charge in [0, 0.05) is 18.5 Å². The molecule has 0 aliphatic rings. The SMILES string of the molecule is COc1ccc(NC(=O)CCC(C)N)c(OC)c1.Cl. The van der Waals surface area contributed by atoms with Gasteiger partial charge in [-0.15, -0.1) is 12.4 Å². The van der Waals surface area contributed by atoms with E-state index in [1.807, 2.05) is 6.92 Å². The molecule has 0 saturated heterocycles. The summed E-state index contributed by atoms with van der Waals surface area (Å²) >= 11 is 0. The molecular formula is C13H21ClN2O3. The fraction of sp³-hybridized carbons (Fsp3) is 0.462. The van der Waals surface area contributed by atoms with Crippen molar-refractivity contribution in [2.24, 2.45) is 5.73 Å². The van der Waals surface area contributed by atoms with Gasteiger partial charge in [-0.05, 0) is 25.5 Å². The Bertz CT molecular complexity index is 411. The van der Waals surface area contributed by atoms with Crippen LogP contribution in [0.25, 0.3) is 0 Å². The highest BCUT2D eigenvalue weighted by atomic mass is 35.5.